The second kappa shape index (κ2) is 16.1. The predicted molar refractivity (Wildman–Crippen MR) is 200 cm³/mol. The molecular weight excluding hydrogens is 656 g/mol. The average Bonchev–Trinajstić information content (AvgIpc) is 3.96. The van der Waals surface area contributed by atoms with E-state index in [1.807, 2.05) is 62.3 Å². The Balaban J connectivity index is 0.761. The molecule has 1 N–H and O–H groups in total. The summed E-state index contributed by atoms with van der Waals surface area (Å²) in [7, 11) is 1.91. The first-order valence-corrected chi connectivity index (χ1v) is 18.9. The van der Waals surface area contributed by atoms with E-state index in [4.69, 9.17) is 9.84 Å². The molecule has 2 aliphatic rings. The molecule has 0 saturated carbocycles. The maximum Gasteiger partial charge on any atom is 0.265 e. The van der Waals surface area contributed by atoms with E-state index in [0.29, 0.717) is 35.5 Å². The van der Waals surface area contributed by atoms with Gasteiger partial charge in [0, 0.05) is 44.1 Å². The highest BCUT2D eigenvalue weighted by molar-refractivity contribution is 6.22. The van der Waals surface area contributed by atoms with Gasteiger partial charge >= 0.3 is 0 Å². The van der Waals surface area contributed by atoms with Crippen molar-refractivity contribution < 1.29 is 14.3 Å². The van der Waals surface area contributed by atoms with Crippen LogP contribution in [-0.2, 0) is 7.05 Å². The fourth-order valence-corrected chi connectivity index (χ4v) is 7.35. The van der Waals surface area contributed by atoms with Crippen molar-refractivity contribution in [3.63, 3.8) is 0 Å². The van der Waals surface area contributed by atoms with E-state index >= 15 is 0 Å². The fourth-order valence-electron chi connectivity index (χ4n) is 7.35. The monoisotopic (exact) mass is 706 g/mol. The summed E-state index contributed by atoms with van der Waals surface area (Å²) in [5.41, 5.74) is 4.66. The summed E-state index contributed by atoms with van der Waals surface area (Å²) in [6.07, 6.45) is 20.7. The van der Waals surface area contributed by atoms with E-state index in [0.717, 1.165) is 74.2 Å². The van der Waals surface area contributed by atoms with Crippen molar-refractivity contribution >= 4 is 29.0 Å². The van der Waals surface area contributed by atoms with Gasteiger partial charge in [0.15, 0.2) is 0 Å². The first kappa shape index (κ1) is 35.4. The van der Waals surface area contributed by atoms with Crippen LogP contribution >= 0.6 is 0 Å². The number of unbranched alkanes of at least 4 members (excludes halogenated alkanes) is 6. The third-order valence-electron chi connectivity index (χ3n) is 10.5. The number of aromatic nitrogens is 7. The van der Waals surface area contributed by atoms with Gasteiger partial charge in [-0.2, -0.15) is 10.2 Å². The molecule has 4 aromatic heterocycles. The van der Waals surface area contributed by atoms with Gasteiger partial charge in [-0.15, -0.1) is 5.10 Å². The highest BCUT2D eigenvalue weighted by Crippen LogP contribution is 2.33. The number of aryl methyl sites for hydroxylation is 1. The van der Waals surface area contributed by atoms with E-state index in [-0.39, 0.29) is 17.9 Å². The molecule has 0 spiro atoms. The Morgan fingerprint density at radius 1 is 0.904 bits per heavy atom. The molecule has 1 fully saturated rings. The van der Waals surface area contributed by atoms with Gasteiger partial charge in [0.05, 0.1) is 59.3 Å². The van der Waals surface area contributed by atoms with Crippen LogP contribution in [0, 0.1) is 0 Å². The fraction of sp³-hybridized carbons (Fsp3) is 0.487. The minimum absolute atomic E-state index is 0.124. The number of fused-ring (bicyclic) bond motifs is 2. The summed E-state index contributed by atoms with van der Waals surface area (Å²) >= 11 is 0. The SMILES string of the molecule is CCC(C)N1C(=O)c2cccc(OCCCCCCCCCN3CCC(n4cc(Nc5ncc6ccc(-c7cnn(C)c7)n6n5)cn4)CC3)c2C1=O. The number of nitrogens with zero attached hydrogens (tertiary/aromatic N) is 9. The topological polar surface area (TPSA) is 128 Å². The van der Waals surface area contributed by atoms with Crippen molar-refractivity contribution in [2.75, 3.05) is 31.6 Å². The number of imide groups is 1. The highest BCUT2D eigenvalue weighted by Gasteiger charge is 2.40. The zero-order valence-corrected chi connectivity index (χ0v) is 30.6. The Labute approximate surface area is 305 Å². The van der Waals surface area contributed by atoms with Gasteiger partial charge in [-0.05, 0) is 69.8 Å². The molecule has 13 nitrogen and oxygen atoms in total. The second-order valence-electron chi connectivity index (χ2n) is 14.2. The van der Waals surface area contributed by atoms with E-state index in [1.165, 1.54) is 37.0 Å². The number of benzene rings is 1. The zero-order chi connectivity index (χ0) is 36.0. The van der Waals surface area contributed by atoms with Crippen molar-refractivity contribution in [2.45, 2.75) is 90.1 Å². The lowest BCUT2D eigenvalue weighted by Gasteiger charge is -2.32. The number of amides is 2. The number of hydrogen-bond donors (Lipinski definition) is 1. The van der Waals surface area contributed by atoms with Crippen molar-refractivity contribution in [3.8, 4) is 17.0 Å². The summed E-state index contributed by atoms with van der Waals surface area (Å²) in [5.74, 6) is 0.613. The summed E-state index contributed by atoms with van der Waals surface area (Å²) in [6.45, 7) is 7.79. The van der Waals surface area contributed by atoms with Crippen LogP contribution in [0.25, 0.3) is 16.8 Å². The van der Waals surface area contributed by atoms with Crippen molar-refractivity contribution in [2.24, 2.45) is 7.05 Å². The molecule has 1 aromatic carbocycles. The number of rotatable bonds is 17. The number of anilines is 2. The average molecular weight is 707 g/mol. The number of nitrogens with one attached hydrogen (secondary N) is 1. The molecule has 6 heterocycles. The van der Waals surface area contributed by atoms with Gasteiger partial charge in [0.1, 0.15) is 5.75 Å². The summed E-state index contributed by atoms with van der Waals surface area (Å²) in [5, 5.41) is 17.0. The van der Waals surface area contributed by atoms with Crippen LogP contribution in [0.1, 0.15) is 105 Å². The van der Waals surface area contributed by atoms with Crippen LogP contribution < -0.4 is 10.1 Å². The Kier molecular flexibility index (Phi) is 11.0. The molecule has 1 atom stereocenters. The van der Waals surface area contributed by atoms with Gasteiger partial charge in [0.2, 0.25) is 5.95 Å². The lowest BCUT2D eigenvalue weighted by molar-refractivity contribution is 0.0592. The van der Waals surface area contributed by atoms with Crippen LogP contribution in [0.5, 0.6) is 5.75 Å². The Bertz CT molecular complexity index is 1990. The normalized spacial score (nSPS) is 15.9. The lowest BCUT2D eigenvalue weighted by Crippen LogP contribution is -2.37. The standard InChI is InChI=1S/C39H50N10O3/c1-4-28(2)48-37(50)33-13-12-14-35(36(33)38(48)51)52-22-11-9-7-5-6-8-10-19-46-20-17-31(18-21-46)47-27-30(24-42-47)43-39-40-25-32-15-16-34(49(32)44-39)29-23-41-45(3)26-29/h12-16,23-28,31H,4-11,17-22H2,1-3H3,(H,43,44). The van der Waals surface area contributed by atoms with Crippen molar-refractivity contribution in [1.29, 1.82) is 0 Å². The zero-order valence-electron chi connectivity index (χ0n) is 30.6. The van der Waals surface area contributed by atoms with Gasteiger partial charge in [0.25, 0.3) is 11.8 Å². The highest BCUT2D eigenvalue weighted by atomic mass is 16.5. The van der Waals surface area contributed by atoms with Gasteiger partial charge < -0.3 is 15.0 Å². The lowest BCUT2D eigenvalue weighted by atomic mass is 10.0. The van der Waals surface area contributed by atoms with Crippen molar-refractivity contribution in [3.05, 3.63) is 72.4 Å². The first-order valence-electron chi connectivity index (χ1n) is 18.9. The molecule has 2 amide bonds. The second-order valence-corrected chi connectivity index (χ2v) is 14.2. The van der Waals surface area contributed by atoms with Crippen LogP contribution in [0.15, 0.2) is 61.3 Å². The predicted octanol–water partition coefficient (Wildman–Crippen LogP) is 6.91. The molecule has 0 bridgehead atoms. The summed E-state index contributed by atoms with van der Waals surface area (Å²) in [4.78, 5) is 34.2. The molecule has 13 heteroatoms. The molecule has 2 aliphatic heterocycles. The molecule has 0 radical (unpaired) electrons. The molecular formula is C39H50N10O3. The van der Waals surface area contributed by atoms with Crippen LogP contribution in [0.2, 0.25) is 0 Å². The van der Waals surface area contributed by atoms with E-state index in [2.05, 4.69) is 36.3 Å². The third-order valence-corrected chi connectivity index (χ3v) is 10.5. The molecule has 0 aliphatic carbocycles. The maximum atomic E-state index is 13.0. The molecule has 1 saturated heterocycles. The number of likely N-dealkylation sites (tertiary alicyclic amines) is 1. The van der Waals surface area contributed by atoms with Gasteiger partial charge in [-0.25, -0.2) is 9.50 Å². The number of carbonyl (C=O) groups is 2. The van der Waals surface area contributed by atoms with Gasteiger partial charge in [-0.1, -0.05) is 45.1 Å². The Hall–Kier alpha value is -5.04. The summed E-state index contributed by atoms with van der Waals surface area (Å²) in [6, 6.07) is 9.65. The van der Waals surface area contributed by atoms with E-state index < -0.39 is 0 Å². The third kappa shape index (κ3) is 7.74. The van der Waals surface area contributed by atoms with Crippen molar-refractivity contribution in [1.82, 2.24) is 44.0 Å². The molecule has 274 valence electrons. The van der Waals surface area contributed by atoms with Crippen LogP contribution in [0.4, 0.5) is 11.6 Å². The number of carbonyl (C=O) groups excluding carboxylic acids is 2. The first-order chi connectivity index (χ1) is 25.4. The summed E-state index contributed by atoms with van der Waals surface area (Å²) < 4.78 is 11.8. The Morgan fingerprint density at radius 2 is 1.69 bits per heavy atom. The smallest absolute Gasteiger partial charge is 0.265 e. The Morgan fingerprint density at radius 3 is 2.46 bits per heavy atom. The van der Waals surface area contributed by atoms with Crippen LogP contribution in [0.3, 0.4) is 0 Å². The minimum Gasteiger partial charge on any atom is -0.493 e. The number of hydrogen-bond acceptors (Lipinski definition) is 9. The van der Waals surface area contributed by atoms with E-state index in [9.17, 15) is 9.59 Å². The number of ether oxygens (including phenoxy) is 1. The molecule has 7 rings (SSSR count). The number of piperidine rings is 1. The maximum absolute atomic E-state index is 13.0. The van der Waals surface area contributed by atoms with E-state index in [1.54, 1.807) is 22.9 Å². The van der Waals surface area contributed by atoms with Crippen LogP contribution in [-0.4, -0.2) is 88.1 Å². The molecule has 52 heavy (non-hydrogen) atoms. The molecule has 5 aromatic rings. The quantitative estimate of drug-likeness (QED) is 0.0811. The van der Waals surface area contributed by atoms with Gasteiger partial charge in [-0.3, -0.25) is 23.9 Å². The molecule has 1 unspecified atom stereocenters. The largest absolute Gasteiger partial charge is 0.493 e. The minimum atomic E-state index is -0.232.